The van der Waals surface area contributed by atoms with Crippen LogP contribution in [-0.2, 0) is 30.9 Å². The Balaban J connectivity index is 1.52. The third kappa shape index (κ3) is 6.35. The summed E-state index contributed by atoms with van der Waals surface area (Å²) in [5.41, 5.74) is 1.11. The number of carbonyl (C=O) groups excluding carboxylic acids is 3. The predicted octanol–water partition coefficient (Wildman–Crippen LogP) is 2.91. The molecular formula is C31H33N3O8S. The minimum atomic E-state index is -4.27. The van der Waals surface area contributed by atoms with Gasteiger partial charge in [0.15, 0.2) is 0 Å². The number of carbonyl (C=O) groups is 3. The number of benzene rings is 3. The summed E-state index contributed by atoms with van der Waals surface area (Å²) in [7, 11) is -1.24. The van der Waals surface area contributed by atoms with E-state index < -0.39 is 40.3 Å². The van der Waals surface area contributed by atoms with E-state index in [-0.39, 0.29) is 29.7 Å². The summed E-state index contributed by atoms with van der Waals surface area (Å²) in [6, 6.07) is 18.3. The molecule has 1 saturated heterocycles. The molecular weight excluding hydrogens is 574 g/mol. The molecule has 0 aliphatic carbocycles. The summed E-state index contributed by atoms with van der Waals surface area (Å²) >= 11 is 0. The number of rotatable bonds is 11. The van der Waals surface area contributed by atoms with Crippen LogP contribution in [0.1, 0.15) is 40.4 Å². The lowest BCUT2D eigenvalue weighted by atomic mass is 10.0. The van der Waals surface area contributed by atoms with E-state index in [1.165, 1.54) is 37.3 Å². The van der Waals surface area contributed by atoms with Crippen LogP contribution in [-0.4, -0.2) is 75.4 Å². The Hall–Kier alpha value is -4.42. The van der Waals surface area contributed by atoms with Crippen LogP contribution in [0.3, 0.4) is 0 Å². The first kappa shape index (κ1) is 30.1. The second-order valence-corrected chi connectivity index (χ2v) is 12.1. The maximum atomic E-state index is 14.2. The normalized spacial score (nSPS) is 17.7. The van der Waals surface area contributed by atoms with Gasteiger partial charge in [-0.3, -0.25) is 14.4 Å². The van der Waals surface area contributed by atoms with Gasteiger partial charge >= 0.3 is 0 Å². The standard InChI is InChI=1S/C31H33N3O8S/c1-40-23-14-12-21(13-15-23)19-33(28(35)20-34-31(37)26-10-3-4-11-27(26)43(34,38)39)29(22-7-5-8-24(17-22)41-2)30(36)32-18-25-9-6-16-42-25/h3-5,7-8,10-15,17,25,29H,6,9,16,18-20H2,1-2H3,(H,32,36). The minimum absolute atomic E-state index is 0.00402. The van der Waals surface area contributed by atoms with Crippen molar-refractivity contribution in [3.8, 4) is 11.5 Å². The van der Waals surface area contributed by atoms with Crippen LogP contribution < -0.4 is 14.8 Å². The molecule has 2 aliphatic heterocycles. The molecule has 0 radical (unpaired) electrons. The van der Waals surface area contributed by atoms with Crippen LogP contribution in [0.15, 0.2) is 77.7 Å². The predicted molar refractivity (Wildman–Crippen MR) is 156 cm³/mol. The summed E-state index contributed by atoms with van der Waals surface area (Å²) in [6.45, 7) is 0.0133. The molecule has 2 aliphatic rings. The van der Waals surface area contributed by atoms with E-state index in [0.29, 0.717) is 33.5 Å². The largest absolute Gasteiger partial charge is 0.497 e. The maximum absolute atomic E-state index is 14.2. The van der Waals surface area contributed by atoms with Crippen molar-refractivity contribution in [2.24, 2.45) is 0 Å². The zero-order valence-electron chi connectivity index (χ0n) is 23.9. The van der Waals surface area contributed by atoms with E-state index in [1.807, 2.05) is 0 Å². The van der Waals surface area contributed by atoms with Crippen LogP contribution in [0.4, 0.5) is 0 Å². The monoisotopic (exact) mass is 607 g/mol. The molecule has 43 heavy (non-hydrogen) atoms. The van der Waals surface area contributed by atoms with Crippen LogP contribution in [0.5, 0.6) is 11.5 Å². The second kappa shape index (κ2) is 12.8. The second-order valence-electron chi connectivity index (χ2n) is 10.2. The molecule has 0 aromatic heterocycles. The first-order valence-corrected chi connectivity index (χ1v) is 15.3. The van der Waals surface area contributed by atoms with Crippen molar-refractivity contribution >= 4 is 27.7 Å². The fourth-order valence-electron chi connectivity index (χ4n) is 5.25. The van der Waals surface area contributed by atoms with Crippen molar-refractivity contribution in [2.45, 2.75) is 36.4 Å². The Bertz CT molecular complexity index is 1600. The van der Waals surface area contributed by atoms with Crippen molar-refractivity contribution in [3.63, 3.8) is 0 Å². The highest BCUT2D eigenvalue weighted by atomic mass is 32.2. The molecule has 226 valence electrons. The number of hydrogen-bond donors (Lipinski definition) is 1. The highest BCUT2D eigenvalue weighted by molar-refractivity contribution is 7.90. The first-order chi connectivity index (χ1) is 20.7. The average molecular weight is 608 g/mol. The van der Waals surface area contributed by atoms with Gasteiger partial charge in [-0.05, 0) is 60.4 Å². The SMILES string of the molecule is COc1ccc(CN(C(=O)CN2C(=O)c3ccccc3S2(=O)=O)C(C(=O)NCC2CCCO2)c2cccc(OC)c2)cc1. The molecule has 0 spiro atoms. The van der Waals surface area contributed by atoms with Crippen molar-refractivity contribution in [1.29, 1.82) is 0 Å². The zero-order chi connectivity index (χ0) is 30.6. The number of amides is 3. The fraction of sp³-hybridized carbons (Fsp3) is 0.323. The van der Waals surface area contributed by atoms with Crippen molar-refractivity contribution < 1.29 is 37.0 Å². The summed E-state index contributed by atoms with van der Waals surface area (Å²) in [5.74, 6) is -0.940. The summed E-state index contributed by atoms with van der Waals surface area (Å²) in [4.78, 5) is 42.4. The summed E-state index contributed by atoms with van der Waals surface area (Å²) in [5, 5.41) is 2.92. The summed E-state index contributed by atoms with van der Waals surface area (Å²) < 4.78 is 43.5. The Morgan fingerprint density at radius 2 is 1.77 bits per heavy atom. The van der Waals surface area contributed by atoms with Crippen LogP contribution in [0.2, 0.25) is 0 Å². The lowest BCUT2D eigenvalue weighted by Gasteiger charge is -2.33. The molecule has 3 amide bonds. The van der Waals surface area contributed by atoms with Gasteiger partial charge in [0, 0.05) is 19.7 Å². The fourth-order valence-corrected chi connectivity index (χ4v) is 6.77. The number of fused-ring (bicyclic) bond motifs is 1. The molecule has 0 saturated carbocycles. The van der Waals surface area contributed by atoms with Gasteiger partial charge in [-0.2, -0.15) is 0 Å². The number of methoxy groups -OCH3 is 2. The van der Waals surface area contributed by atoms with E-state index in [0.717, 1.165) is 12.8 Å². The Morgan fingerprint density at radius 1 is 1.02 bits per heavy atom. The number of nitrogens with one attached hydrogen (secondary N) is 1. The Kier molecular flexibility index (Phi) is 8.97. The average Bonchev–Trinajstić information content (AvgIpc) is 3.61. The highest BCUT2D eigenvalue weighted by Crippen LogP contribution is 2.32. The van der Waals surface area contributed by atoms with E-state index in [2.05, 4.69) is 5.32 Å². The molecule has 2 atom stereocenters. The molecule has 3 aromatic rings. The van der Waals surface area contributed by atoms with Crippen LogP contribution >= 0.6 is 0 Å². The van der Waals surface area contributed by atoms with Crippen LogP contribution in [0, 0.1) is 0 Å². The van der Waals surface area contributed by atoms with Gasteiger partial charge in [-0.25, -0.2) is 12.7 Å². The van der Waals surface area contributed by atoms with Crippen LogP contribution in [0.25, 0.3) is 0 Å². The van der Waals surface area contributed by atoms with Gasteiger partial charge < -0.3 is 24.4 Å². The zero-order valence-corrected chi connectivity index (χ0v) is 24.7. The molecule has 2 unspecified atom stereocenters. The number of ether oxygens (including phenoxy) is 3. The number of hydrogen-bond acceptors (Lipinski definition) is 8. The van der Waals surface area contributed by atoms with Crippen molar-refractivity contribution in [1.82, 2.24) is 14.5 Å². The molecule has 11 nitrogen and oxygen atoms in total. The number of sulfonamides is 1. The molecule has 1 N–H and O–H groups in total. The van der Waals surface area contributed by atoms with E-state index in [1.54, 1.807) is 54.6 Å². The number of nitrogens with zero attached hydrogens (tertiary/aromatic N) is 2. The van der Waals surface area contributed by atoms with Crippen molar-refractivity contribution in [3.05, 3.63) is 89.5 Å². The molecule has 1 fully saturated rings. The van der Waals surface area contributed by atoms with E-state index in [4.69, 9.17) is 14.2 Å². The third-order valence-electron chi connectivity index (χ3n) is 7.52. The first-order valence-electron chi connectivity index (χ1n) is 13.8. The molecule has 12 heteroatoms. The van der Waals surface area contributed by atoms with E-state index >= 15 is 0 Å². The smallest absolute Gasteiger partial charge is 0.269 e. The molecule has 3 aromatic carbocycles. The molecule has 0 bridgehead atoms. The quantitative estimate of drug-likeness (QED) is 0.352. The van der Waals surface area contributed by atoms with E-state index in [9.17, 15) is 22.8 Å². The molecule has 5 rings (SSSR count). The van der Waals surface area contributed by atoms with Crippen molar-refractivity contribution in [2.75, 3.05) is 33.9 Å². The Morgan fingerprint density at radius 3 is 2.44 bits per heavy atom. The van der Waals surface area contributed by atoms with Gasteiger partial charge in [-0.1, -0.05) is 36.4 Å². The Labute approximate surface area is 250 Å². The van der Waals surface area contributed by atoms with Gasteiger partial charge in [0.1, 0.15) is 29.0 Å². The molecule has 2 heterocycles. The highest BCUT2D eigenvalue weighted by Gasteiger charge is 2.43. The topological polar surface area (TPSA) is 132 Å². The minimum Gasteiger partial charge on any atom is -0.497 e. The van der Waals surface area contributed by atoms with Gasteiger partial charge in [0.2, 0.25) is 11.8 Å². The third-order valence-corrected chi connectivity index (χ3v) is 9.31. The maximum Gasteiger partial charge on any atom is 0.269 e. The summed E-state index contributed by atoms with van der Waals surface area (Å²) in [6.07, 6.45) is 1.54. The van der Waals surface area contributed by atoms with Gasteiger partial charge in [0.05, 0.1) is 25.9 Å². The van der Waals surface area contributed by atoms with Gasteiger partial charge in [-0.15, -0.1) is 0 Å². The lowest BCUT2D eigenvalue weighted by molar-refractivity contribution is -0.141. The van der Waals surface area contributed by atoms with Gasteiger partial charge in [0.25, 0.3) is 15.9 Å². The lowest BCUT2D eigenvalue weighted by Crippen LogP contribution is -2.48.